The highest BCUT2D eigenvalue weighted by molar-refractivity contribution is 7.98. The molecule has 4 unspecified atom stereocenters. The van der Waals surface area contributed by atoms with Crippen LogP contribution in [0.3, 0.4) is 0 Å². The Hall–Kier alpha value is -3.22. The number of carboxylic acid groups (broad SMARTS) is 1. The van der Waals surface area contributed by atoms with Crippen molar-refractivity contribution in [1.29, 1.82) is 0 Å². The van der Waals surface area contributed by atoms with Crippen molar-refractivity contribution in [2.45, 2.75) is 43.4 Å². The van der Waals surface area contributed by atoms with Gasteiger partial charge in [0, 0.05) is 18.6 Å². The number of carboxylic acids is 1. The first-order valence-corrected chi connectivity index (χ1v) is 14.0. The van der Waals surface area contributed by atoms with E-state index in [2.05, 4.69) is 28.6 Å². The molecule has 0 aliphatic heterocycles. The first-order chi connectivity index (χ1) is 18.1. The molecule has 0 bridgehead atoms. The van der Waals surface area contributed by atoms with Crippen molar-refractivity contribution in [3.8, 4) is 5.75 Å². The molecule has 4 atom stereocenters. The number of thioether (sulfide) groups is 1. The lowest BCUT2D eigenvalue weighted by Crippen LogP contribution is -2.58. The largest absolute Gasteiger partial charge is 0.508 e. The number of hydrogen-bond acceptors (Lipinski definition) is 8. The van der Waals surface area contributed by atoms with Crippen LogP contribution in [0.4, 0.5) is 0 Å². The minimum Gasteiger partial charge on any atom is -0.508 e. The number of phenols is 1. The van der Waals surface area contributed by atoms with Crippen molar-refractivity contribution in [2.24, 2.45) is 5.73 Å². The summed E-state index contributed by atoms with van der Waals surface area (Å²) in [4.78, 5) is 50.6. The summed E-state index contributed by atoms with van der Waals surface area (Å²) in [6.45, 7) is 0. The molecule has 2 rings (SSSR count). The van der Waals surface area contributed by atoms with Gasteiger partial charge in [-0.15, -0.1) is 0 Å². The van der Waals surface area contributed by atoms with Gasteiger partial charge in [0.25, 0.3) is 0 Å². The standard InChI is InChI=1S/C26H34N4O6S2/c1-38-12-11-19(27)23(32)30-22(15-37)25(34)28-20(13-16-5-3-2-4-6-16)24(33)29-21(26(35)36)14-17-7-9-18(31)10-8-17/h2-10,19-22,31,37H,11-15,27H2,1H3,(H,28,34)(H,29,33)(H,30,32)(H,35,36). The van der Waals surface area contributed by atoms with Gasteiger partial charge in [-0.05, 0) is 41.7 Å². The van der Waals surface area contributed by atoms with Crippen LogP contribution in [0.15, 0.2) is 54.6 Å². The molecular formula is C26H34N4O6S2. The summed E-state index contributed by atoms with van der Waals surface area (Å²) in [6, 6.07) is 10.6. The Labute approximate surface area is 231 Å². The van der Waals surface area contributed by atoms with Gasteiger partial charge >= 0.3 is 5.97 Å². The van der Waals surface area contributed by atoms with E-state index in [0.29, 0.717) is 17.7 Å². The summed E-state index contributed by atoms with van der Waals surface area (Å²) in [7, 11) is 0. The van der Waals surface area contributed by atoms with Crippen molar-refractivity contribution in [3.63, 3.8) is 0 Å². The Bertz CT molecular complexity index is 1070. The second kappa shape index (κ2) is 15.9. The highest BCUT2D eigenvalue weighted by Gasteiger charge is 2.30. The molecule has 0 radical (unpaired) electrons. The minimum atomic E-state index is -1.28. The lowest BCUT2D eigenvalue weighted by Gasteiger charge is -2.25. The zero-order chi connectivity index (χ0) is 28.1. The van der Waals surface area contributed by atoms with Gasteiger partial charge in [-0.25, -0.2) is 4.79 Å². The SMILES string of the molecule is CSCCC(N)C(=O)NC(CS)C(=O)NC(Cc1ccccc1)C(=O)NC(Cc1ccc(O)cc1)C(=O)O. The van der Waals surface area contributed by atoms with Gasteiger partial charge in [-0.1, -0.05) is 42.5 Å². The van der Waals surface area contributed by atoms with Crippen LogP contribution in [0, 0.1) is 0 Å². The van der Waals surface area contributed by atoms with Crippen LogP contribution in [0.25, 0.3) is 0 Å². The Kier molecular flexibility index (Phi) is 13.0. The first-order valence-electron chi connectivity index (χ1n) is 12.0. The number of thiol groups is 1. The molecule has 0 heterocycles. The van der Waals surface area contributed by atoms with Crippen LogP contribution in [-0.4, -0.2) is 75.8 Å². The summed E-state index contributed by atoms with van der Waals surface area (Å²) < 4.78 is 0. The number of carbonyl (C=O) groups is 4. The highest BCUT2D eigenvalue weighted by Crippen LogP contribution is 2.12. The zero-order valence-electron chi connectivity index (χ0n) is 21.0. The summed E-state index contributed by atoms with van der Waals surface area (Å²) in [5, 5.41) is 26.9. The molecule has 0 spiro atoms. The zero-order valence-corrected chi connectivity index (χ0v) is 22.7. The van der Waals surface area contributed by atoms with Crippen molar-refractivity contribution in [2.75, 3.05) is 17.8 Å². The molecule has 0 aliphatic carbocycles. The Morgan fingerprint density at radius 2 is 1.37 bits per heavy atom. The molecule has 0 aromatic heterocycles. The number of amides is 3. The second-order valence-electron chi connectivity index (χ2n) is 8.65. The maximum Gasteiger partial charge on any atom is 0.326 e. The van der Waals surface area contributed by atoms with Gasteiger partial charge in [-0.3, -0.25) is 14.4 Å². The molecule has 206 valence electrons. The van der Waals surface area contributed by atoms with Crippen molar-refractivity contribution < 1.29 is 29.4 Å². The Balaban J connectivity index is 2.17. The van der Waals surface area contributed by atoms with Crippen LogP contribution in [0.1, 0.15) is 17.5 Å². The van der Waals surface area contributed by atoms with E-state index in [9.17, 15) is 29.4 Å². The predicted molar refractivity (Wildman–Crippen MR) is 150 cm³/mol. The number of carbonyl (C=O) groups excluding carboxylic acids is 3. The fourth-order valence-electron chi connectivity index (χ4n) is 3.52. The molecule has 3 amide bonds. The molecular weight excluding hydrogens is 528 g/mol. The van der Waals surface area contributed by atoms with E-state index >= 15 is 0 Å². The number of hydrogen-bond donors (Lipinski definition) is 7. The topological polar surface area (TPSA) is 171 Å². The number of aliphatic carboxylic acids is 1. The number of rotatable bonds is 15. The number of nitrogens with two attached hydrogens (primary N) is 1. The molecule has 10 nitrogen and oxygen atoms in total. The smallest absolute Gasteiger partial charge is 0.326 e. The molecule has 2 aromatic rings. The molecule has 0 aliphatic rings. The maximum absolute atomic E-state index is 13.2. The minimum absolute atomic E-state index is 0.0311. The molecule has 0 saturated heterocycles. The van der Waals surface area contributed by atoms with Gasteiger partial charge < -0.3 is 31.9 Å². The van der Waals surface area contributed by atoms with E-state index in [0.717, 1.165) is 5.56 Å². The van der Waals surface area contributed by atoms with Crippen LogP contribution < -0.4 is 21.7 Å². The lowest BCUT2D eigenvalue weighted by atomic mass is 10.0. The van der Waals surface area contributed by atoms with E-state index in [1.807, 2.05) is 12.3 Å². The second-order valence-corrected chi connectivity index (χ2v) is 10.0. The normalized spacial score (nSPS) is 14.0. The van der Waals surface area contributed by atoms with Gasteiger partial charge in [0.05, 0.1) is 6.04 Å². The predicted octanol–water partition coefficient (Wildman–Crippen LogP) is 0.727. The van der Waals surface area contributed by atoms with Crippen LogP contribution in [0.2, 0.25) is 0 Å². The fourth-order valence-corrected chi connectivity index (χ4v) is 4.27. The molecule has 0 saturated carbocycles. The van der Waals surface area contributed by atoms with E-state index in [1.54, 1.807) is 48.2 Å². The lowest BCUT2D eigenvalue weighted by molar-refractivity contribution is -0.142. The van der Waals surface area contributed by atoms with Gasteiger partial charge in [-0.2, -0.15) is 24.4 Å². The molecule has 38 heavy (non-hydrogen) atoms. The van der Waals surface area contributed by atoms with Gasteiger partial charge in [0.2, 0.25) is 17.7 Å². The third-order valence-electron chi connectivity index (χ3n) is 5.69. The van der Waals surface area contributed by atoms with Crippen LogP contribution in [0.5, 0.6) is 5.75 Å². The Morgan fingerprint density at radius 1 is 0.842 bits per heavy atom. The van der Waals surface area contributed by atoms with E-state index in [4.69, 9.17) is 5.73 Å². The fraction of sp³-hybridized carbons (Fsp3) is 0.385. The van der Waals surface area contributed by atoms with E-state index < -0.39 is 47.9 Å². The Morgan fingerprint density at radius 3 is 1.95 bits per heavy atom. The monoisotopic (exact) mass is 562 g/mol. The van der Waals surface area contributed by atoms with E-state index in [1.165, 1.54) is 12.1 Å². The van der Waals surface area contributed by atoms with Crippen molar-refractivity contribution in [1.82, 2.24) is 16.0 Å². The molecule has 12 heteroatoms. The third-order valence-corrected chi connectivity index (χ3v) is 6.70. The molecule has 7 N–H and O–H groups in total. The summed E-state index contributed by atoms with van der Waals surface area (Å²) in [5.74, 6) is -2.42. The first kappa shape index (κ1) is 31.0. The van der Waals surface area contributed by atoms with Gasteiger partial charge in [0.15, 0.2) is 0 Å². The number of nitrogens with one attached hydrogen (secondary N) is 3. The maximum atomic E-state index is 13.2. The molecule has 0 fully saturated rings. The highest BCUT2D eigenvalue weighted by atomic mass is 32.2. The number of aromatic hydroxyl groups is 1. The van der Waals surface area contributed by atoms with Crippen molar-refractivity contribution >= 4 is 48.1 Å². The molecule has 2 aromatic carbocycles. The average Bonchev–Trinajstić information content (AvgIpc) is 2.90. The number of benzene rings is 2. The summed E-state index contributed by atoms with van der Waals surface area (Å²) >= 11 is 5.72. The quantitative estimate of drug-likeness (QED) is 0.156. The van der Waals surface area contributed by atoms with Crippen molar-refractivity contribution in [3.05, 3.63) is 65.7 Å². The van der Waals surface area contributed by atoms with Gasteiger partial charge in [0.1, 0.15) is 23.9 Å². The average molecular weight is 563 g/mol. The van der Waals surface area contributed by atoms with Crippen LogP contribution in [-0.2, 0) is 32.0 Å². The third kappa shape index (κ3) is 10.3. The van der Waals surface area contributed by atoms with E-state index in [-0.39, 0.29) is 24.3 Å². The number of phenolic OH excluding ortho intramolecular Hbond substituents is 1. The summed E-state index contributed by atoms with van der Waals surface area (Å²) in [5.41, 5.74) is 7.23. The summed E-state index contributed by atoms with van der Waals surface area (Å²) in [6.07, 6.45) is 2.39. The van der Waals surface area contributed by atoms with Crippen LogP contribution >= 0.6 is 24.4 Å².